The van der Waals surface area contributed by atoms with Gasteiger partial charge in [-0.05, 0) is 82.7 Å². The minimum Gasteiger partial charge on any atom is -0.508 e. The first-order valence-electron chi connectivity index (χ1n) is 12.7. The molecular formula is C29H41N3O5. The Morgan fingerprint density at radius 1 is 1.00 bits per heavy atom. The zero-order valence-electron chi connectivity index (χ0n) is 23.2. The van der Waals surface area contributed by atoms with Crippen LogP contribution in [0, 0.1) is 19.8 Å². The molecule has 0 spiro atoms. The van der Waals surface area contributed by atoms with Crippen molar-refractivity contribution in [2.24, 2.45) is 5.92 Å². The second-order valence-corrected chi connectivity index (χ2v) is 10.7. The number of ether oxygens (including phenoxy) is 1. The van der Waals surface area contributed by atoms with Gasteiger partial charge in [-0.1, -0.05) is 44.2 Å². The van der Waals surface area contributed by atoms with Crippen molar-refractivity contribution in [3.8, 4) is 5.75 Å². The maximum atomic E-state index is 13.9. The summed E-state index contributed by atoms with van der Waals surface area (Å²) in [5, 5.41) is 15.6. The molecule has 8 heteroatoms. The largest absolute Gasteiger partial charge is 0.508 e. The highest BCUT2D eigenvalue weighted by Gasteiger charge is 2.36. The summed E-state index contributed by atoms with van der Waals surface area (Å²) >= 11 is 0. The Morgan fingerprint density at radius 2 is 1.57 bits per heavy atom. The van der Waals surface area contributed by atoms with Crippen LogP contribution in [0.3, 0.4) is 0 Å². The molecule has 0 aromatic heterocycles. The first-order valence-corrected chi connectivity index (χ1v) is 12.7. The molecule has 2 aromatic rings. The summed E-state index contributed by atoms with van der Waals surface area (Å²) in [6.07, 6.45) is -0.321. The minimum absolute atomic E-state index is 0.0521. The van der Waals surface area contributed by atoms with Crippen molar-refractivity contribution >= 4 is 23.6 Å². The summed E-state index contributed by atoms with van der Waals surface area (Å²) in [5.41, 5.74) is 2.30. The van der Waals surface area contributed by atoms with Gasteiger partial charge in [0.05, 0.1) is 0 Å². The van der Waals surface area contributed by atoms with Crippen LogP contribution >= 0.6 is 0 Å². The third-order valence-electron chi connectivity index (χ3n) is 5.82. The molecule has 0 aliphatic rings. The molecule has 37 heavy (non-hydrogen) atoms. The molecule has 2 atom stereocenters. The number of carbonyl (C=O) groups excluding carboxylic acids is 3. The number of amides is 3. The van der Waals surface area contributed by atoms with Gasteiger partial charge >= 0.3 is 6.09 Å². The SMILES string of the molecule is CCN(C(=O)C(CC(C)C)NC(=O)OC(C)(C)C)C(C(=O)Nc1c(C)cccc1C)c1ccc(O)cc1. The van der Waals surface area contributed by atoms with Gasteiger partial charge in [-0.25, -0.2) is 4.79 Å². The Labute approximate surface area is 220 Å². The average Bonchev–Trinajstić information content (AvgIpc) is 2.78. The highest BCUT2D eigenvalue weighted by molar-refractivity contribution is 5.99. The molecule has 0 saturated carbocycles. The first kappa shape index (κ1) is 29.7. The van der Waals surface area contributed by atoms with Gasteiger partial charge in [-0.15, -0.1) is 0 Å². The number of nitrogens with zero attached hydrogens (tertiary/aromatic N) is 1. The molecule has 0 fully saturated rings. The molecule has 0 aliphatic heterocycles. The number of hydrogen-bond acceptors (Lipinski definition) is 5. The Kier molecular flexibility index (Phi) is 10.1. The number of rotatable bonds is 9. The van der Waals surface area contributed by atoms with Crippen LogP contribution in [0.5, 0.6) is 5.75 Å². The molecule has 202 valence electrons. The van der Waals surface area contributed by atoms with Crippen LogP contribution in [-0.4, -0.2) is 46.1 Å². The molecule has 8 nitrogen and oxygen atoms in total. The number of phenols is 1. The predicted molar refractivity (Wildman–Crippen MR) is 145 cm³/mol. The number of hydrogen-bond donors (Lipinski definition) is 3. The smallest absolute Gasteiger partial charge is 0.408 e. The van der Waals surface area contributed by atoms with Gasteiger partial charge in [0.2, 0.25) is 5.91 Å². The fraction of sp³-hybridized carbons (Fsp3) is 0.483. The molecule has 2 unspecified atom stereocenters. The van der Waals surface area contributed by atoms with Gasteiger partial charge in [-0.3, -0.25) is 9.59 Å². The fourth-order valence-corrected chi connectivity index (χ4v) is 4.14. The van der Waals surface area contributed by atoms with Crippen molar-refractivity contribution in [2.75, 3.05) is 11.9 Å². The van der Waals surface area contributed by atoms with Gasteiger partial charge in [0.1, 0.15) is 23.4 Å². The number of carbonyl (C=O) groups is 3. The summed E-state index contributed by atoms with van der Waals surface area (Å²) in [5.74, 6) is -0.634. The van der Waals surface area contributed by atoms with E-state index in [1.807, 2.05) is 45.9 Å². The normalized spacial score (nSPS) is 13.0. The number of phenolic OH excluding ortho intramolecular Hbond substituents is 1. The van der Waals surface area contributed by atoms with E-state index in [0.717, 1.165) is 11.1 Å². The van der Waals surface area contributed by atoms with Crippen molar-refractivity contribution in [1.82, 2.24) is 10.2 Å². The van der Waals surface area contributed by atoms with Crippen LogP contribution < -0.4 is 10.6 Å². The van der Waals surface area contributed by atoms with E-state index in [1.165, 1.54) is 17.0 Å². The molecule has 0 aliphatic carbocycles. The van der Waals surface area contributed by atoms with E-state index < -0.39 is 29.7 Å². The molecule has 3 amide bonds. The van der Waals surface area contributed by atoms with Crippen molar-refractivity contribution in [3.05, 3.63) is 59.2 Å². The maximum absolute atomic E-state index is 13.9. The van der Waals surface area contributed by atoms with Gasteiger partial charge in [0, 0.05) is 12.2 Å². The van der Waals surface area contributed by atoms with E-state index in [-0.39, 0.29) is 24.1 Å². The number of alkyl carbamates (subject to hydrolysis) is 1. The zero-order valence-corrected chi connectivity index (χ0v) is 23.2. The quantitative estimate of drug-likeness (QED) is 0.413. The Morgan fingerprint density at radius 3 is 2.05 bits per heavy atom. The number of anilines is 1. The van der Waals surface area contributed by atoms with Crippen molar-refractivity contribution in [1.29, 1.82) is 0 Å². The number of aryl methyl sites for hydroxylation is 2. The molecule has 3 N–H and O–H groups in total. The lowest BCUT2D eigenvalue weighted by atomic mass is 9.99. The first-order chi connectivity index (χ1) is 17.2. The summed E-state index contributed by atoms with van der Waals surface area (Å²) in [7, 11) is 0. The van der Waals surface area contributed by atoms with E-state index >= 15 is 0 Å². The third-order valence-corrected chi connectivity index (χ3v) is 5.82. The van der Waals surface area contributed by atoms with E-state index in [1.54, 1.807) is 39.8 Å². The number of nitrogens with one attached hydrogen (secondary N) is 2. The van der Waals surface area contributed by atoms with E-state index in [4.69, 9.17) is 4.74 Å². The van der Waals surface area contributed by atoms with Gasteiger partial charge in [0.25, 0.3) is 5.91 Å². The van der Waals surface area contributed by atoms with Crippen LogP contribution in [-0.2, 0) is 14.3 Å². The number of para-hydroxylation sites is 1. The summed E-state index contributed by atoms with van der Waals surface area (Å²) in [6.45, 7) is 15.0. The highest BCUT2D eigenvalue weighted by Crippen LogP contribution is 2.28. The second-order valence-electron chi connectivity index (χ2n) is 10.7. The molecule has 2 rings (SSSR count). The Hall–Kier alpha value is -3.55. The average molecular weight is 512 g/mol. The fourth-order valence-electron chi connectivity index (χ4n) is 4.14. The predicted octanol–water partition coefficient (Wildman–Crippen LogP) is 5.48. The second kappa shape index (κ2) is 12.6. The maximum Gasteiger partial charge on any atom is 0.408 e. The Balaban J connectivity index is 2.48. The summed E-state index contributed by atoms with van der Waals surface area (Å²) in [4.78, 5) is 41.7. The highest BCUT2D eigenvalue weighted by atomic mass is 16.6. The minimum atomic E-state index is -0.993. The lowest BCUT2D eigenvalue weighted by molar-refractivity contribution is -0.140. The van der Waals surface area contributed by atoms with Crippen molar-refractivity contribution in [2.45, 2.75) is 79.5 Å². The lowest BCUT2D eigenvalue weighted by Gasteiger charge is -2.34. The standard InChI is InChI=1S/C29H41N3O5/c1-9-32(27(35)23(17-18(2)3)30-28(36)37-29(6,7)8)25(21-13-15-22(33)16-14-21)26(34)31-24-19(4)11-10-12-20(24)5/h10-16,18,23,25,33H,9,17H2,1-8H3,(H,30,36)(H,31,34). The number of aromatic hydroxyl groups is 1. The Bertz CT molecular complexity index is 1070. The van der Waals surface area contributed by atoms with Crippen LogP contribution in [0.1, 0.15) is 70.7 Å². The van der Waals surface area contributed by atoms with Gasteiger partial charge in [0.15, 0.2) is 0 Å². The molecule has 0 bridgehead atoms. The van der Waals surface area contributed by atoms with Crippen molar-refractivity contribution < 1.29 is 24.2 Å². The van der Waals surface area contributed by atoms with Crippen molar-refractivity contribution in [3.63, 3.8) is 0 Å². The molecule has 0 saturated heterocycles. The van der Waals surface area contributed by atoms with E-state index in [2.05, 4.69) is 10.6 Å². The van der Waals surface area contributed by atoms with E-state index in [0.29, 0.717) is 17.7 Å². The molecule has 0 radical (unpaired) electrons. The van der Waals surface area contributed by atoms with Crippen LogP contribution in [0.15, 0.2) is 42.5 Å². The topological polar surface area (TPSA) is 108 Å². The summed E-state index contributed by atoms with van der Waals surface area (Å²) in [6, 6.07) is 10.1. The van der Waals surface area contributed by atoms with Gasteiger partial charge < -0.3 is 25.4 Å². The lowest BCUT2D eigenvalue weighted by Crippen LogP contribution is -2.52. The van der Waals surface area contributed by atoms with Crippen LogP contribution in [0.2, 0.25) is 0 Å². The van der Waals surface area contributed by atoms with Gasteiger partial charge in [-0.2, -0.15) is 0 Å². The third kappa shape index (κ3) is 8.51. The van der Waals surface area contributed by atoms with Crippen LogP contribution in [0.4, 0.5) is 10.5 Å². The molecule has 0 heterocycles. The van der Waals surface area contributed by atoms with E-state index in [9.17, 15) is 19.5 Å². The number of benzene rings is 2. The molecule has 2 aromatic carbocycles. The molecular weight excluding hydrogens is 470 g/mol. The van der Waals surface area contributed by atoms with Crippen LogP contribution in [0.25, 0.3) is 0 Å². The zero-order chi connectivity index (χ0) is 27.9. The number of likely N-dealkylation sites (N-methyl/N-ethyl adjacent to an activating group) is 1. The summed E-state index contributed by atoms with van der Waals surface area (Å²) < 4.78 is 5.40. The monoisotopic (exact) mass is 511 g/mol.